The van der Waals surface area contributed by atoms with Crippen molar-refractivity contribution in [2.45, 2.75) is 6.92 Å². The Morgan fingerprint density at radius 3 is 2.67 bits per heavy atom. The number of hydrogen-bond donors (Lipinski definition) is 0. The van der Waals surface area contributed by atoms with E-state index in [0.29, 0.717) is 29.3 Å². The Balaban J connectivity index is 2.12. The van der Waals surface area contributed by atoms with E-state index in [0.717, 1.165) is 11.3 Å². The second kappa shape index (κ2) is 6.57. The lowest BCUT2D eigenvalue weighted by molar-refractivity contribution is 0.0528. The molecule has 7 nitrogen and oxygen atoms in total. The molecular formula is C17H17N3O4. The van der Waals surface area contributed by atoms with E-state index in [9.17, 15) is 4.79 Å². The molecule has 24 heavy (non-hydrogen) atoms. The second-order valence-corrected chi connectivity index (χ2v) is 4.91. The Bertz CT molecular complexity index is 889. The summed E-state index contributed by atoms with van der Waals surface area (Å²) in [7, 11) is 3.16. The predicted octanol–water partition coefficient (Wildman–Crippen LogP) is 2.59. The van der Waals surface area contributed by atoms with Crippen LogP contribution in [0, 0.1) is 0 Å². The molecule has 0 unspecified atom stereocenters. The number of carbonyl (C=O) groups is 1. The van der Waals surface area contributed by atoms with Gasteiger partial charge in [0.1, 0.15) is 5.56 Å². The molecule has 124 valence electrons. The van der Waals surface area contributed by atoms with Crippen molar-refractivity contribution in [2.75, 3.05) is 20.8 Å². The second-order valence-electron chi connectivity index (χ2n) is 4.91. The van der Waals surface area contributed by atoms with Crippen LogP contribution in [0.25, 0.3) is 16.9 Å². The Hall–Kier alpha value is -3.09. The molecule has 0 bridgehead atoms. The first-order valence-electron chi connectivity index (χ1n) is 7.41. The minimum atomic E-state index is -0.440. The number of hydrogen-bond acceptors (Lipinski definition) is 6. The highest BCUT2D eigenvalue weighted by Crippen LogP contribution is 2.32. The summed E-state index contributed by atoms with van der Waals surface area (Å²) in [5, 5.41) is 4.28. The number of ether oxygens (including phenoxy) is 3. The van der Waals surface area contributed by atoms with Crippen molar-refractivity contribution >= 4 is 11.6 Å². The van der Waals surface area contributed by atoms with Crippen LogP contribution in [-0.4, -0.2) is 41.4 Å². The molecule has 2 heterocycles. The highest BCUT2D eigenvalue weighted by atomic mass is 16.5. The normalized spacial score (nSPS) is 10.6. The maximum atomic E-state index is 12.0. The summed E-state index contributed by atoms with van der Waals surface area (Å²) < 4.78 is 17.2. The number of rotatable bonds is 5. The van der Waals surface area contributed by atoms with Crippen LogP contribution in [0.1, 0.15) is 17.3 Å². The number of carbonyl (C=O) groups excluding carboxylic acids is 1. The van der Waals surface area contributed by atoms with Crippen LogP contribution in [-0.2, 0) is 4.74 Å². The summed E-state index contributed by atoms with van der Waals surface area (Å²) in [6.07, 6.45) is 3.09. The molecule has 3 rings (SSSR count). The average molecular weight is 327 g/mol. The van der Waals surface area contributed by atoms with Gasteiger partial charge in [-0.15, -0.1) is 0 Å². The number of esters is 1. The third-order valence-electron chi connectivity index (χ3n) is 3.58. The van der Waals surface area contributed by atoms with Gasteiger partial charge in [-0.3, -0.25) is 0 Å². The number of methoxy groups -OCH3 is 2. The maximum Gasteiger partial charge on any atom is 0.343 e. The molecule has 3 aromatic rings. The molecule has 0 radical (unpaired) electrons. The molecule has 0 aliphatic carbocycles. The standard InChI is InChI=1S/C17H17N3O4/c1-4-24-17(21)12-10-19-20-13(7-8-18-16(12)20)11-5-6-14(22-2)15(9-11)23-3/h5-10H,4H2,1-3H3. The summed E-state index contributed by atoms with van der Waals surface area (Å²) in [5.41, 5.74) is 2.41. The minimum absolute atomic E-state index is 0.297. The SMILES string of the molecule is CCOC(=O)c1cnn2c(-c3ccc(OC)c(OC)c3)ccnc12. The summed E-state index contributed by atoms with van der Waals surface area (Å²) in [6, 6.07) is 7.37. The third-order valence-corrected chi connectivity index (χ3v) is 3.58. The molecule has 1 aromatic carbocycles. The molecule has 0 fully saturated rings. The molecule has 0 saturated heterocycles. The van der Waals surface area contributed by atoms with Gasteiger partial charge in [0.05, 0.1) is 32.7 Å². The Morgan fingerprint density at radius 2 is 1.96 bits per heavy atom. The van der Waals surface area contributed by atoms with E-state index in [1.807, 2.05) is 24.3 Å². The first-order valence-corrected chi connectivity index (χ1v) is 7.41. The zero-order chi connectivity index (χ0) is 17.1. The van der Waals surface area contributed by atoms with Crippen molar-refractivity contribution in [3.05, 3.63) is 42.2 Å². The fourth-order valence-electron chi connectivity index (χ4n) is 2.46. The summed E-state index contributed by atoms with van der Waals surface area (Å²) >= 11 is 0. The summed E-state index contributed by atoms with van der Waals surface area (Å²) in [5.74, 6) is 0.807. The van der Waals surface area contributed by atoms with Crippen molar-refractivity contribution in [1.29, 1.82) is 0 Å². The molecule has 0 saturated carbocycles. The molecule has 0 aliphatic rings. The molecule has 7 heteroatoms. The van der Waals surface area contributed by atoms with Gasteiger partial charge in [-0.1, -0.05) is 0 Å². The third kappa shape index (κ3) is 2.64. The van der Waals surface area contributed by atoms with Gasteiger partial charge in [-0.2, -0.15) is 5.10 Å². The lowest BCUT2D eigenvalue weighted by atomic mass is 10.1. The van der Waals surface area contributed by atoms with Gasteiger partial charge in [-0.05, 0) is 31.2 Å². The molecule has 0 N–H and O–H groups in total. The monoisotopic (exact) mass is 327 g/mol. The van der Waals surface area contributed by atoms with Crippen LogP contribution in [0.2, 0.25) is 0 Å². The van der Waals surface area contributed by atoms with E-state index in [1.54, 1.807) is 31.9 Å². The van der Waals surface area contributed by atoms with Crippen LogP contribution < -0.4 is 9.47 Å². The van der Waals surface area contributed by atoms with E-state index >= 15 is 0 Å². The molecule has 0 atom stereocenters. The van der Waals surface area contributed by atoms with Crippen LogP contribution in [0.3, 0.4) is 0 Å². The smallest absolute Gasteiger partial charge is 0.343 e. The first kappa shape index (κ1) is 15.8. The van der Waals surface area contributed by atoms with Gasteiger partial charge in [0.25, 0.3) is 0 Å². The largest absolute Gasteiger partial charge is 0.493 e. The lowest BCUT2D eigenvalue weighted by Gasteiger charge is -2.10. The van der Waals surface area contributed by atoms with Gasteiger partial charge in [0.2, 0.25) is 0 Å². The highest BCUT2D eigenvalue weighted by molar-refractivity contribution is 5.95. The van der Waals surface area contributed by atoms with Gasteiger partial charge in [-0.25, -0.2) is 14.3 Å². The van der Waals surface area contributed by atoms with Crippen LogP contribution in [0.4, 0.5) is 0 Å². The fourth-order valence-corrected chi connectivity index (χ4v) is 2.46. The zero-order valence-corrected chi connectivity index (χ0v) is 13.6. The Kier molecular flexibility index (Phi) is 4.33. The topological polar surface area (TPSA) is 75.0 Å². The van der Waals surface area contributed by atoms with Crippen molar-refractivity contribution < 1.29 is 19.0 Å². The highest BCUT2D eigenvalue weighted by Gasteiger charge is 2.17. The van der Waals surface area contributed by atoms with E-state index in [1.165, 1.54) is 6.20 Å². The molecule has 0 amide bonds. The number of benzene rings is 1. The number of nitrogens with zero attached hydrogens (tertiary/aromatic N) is 3. The van der Waals surface area contributed by atoms with E-state index in [-0.39, 0.29) is 0 Å². The van der Waals surface area contributed by atoms with E-state index in [2.05, 4.69) is 10.1 Å². The van der Waals surface area contributed by atoms with Gasteiger partial charge >= 0.3 is 5.97 Å². The van der Waals surface area contributed by atoms with Gasteiger partial charge in [0, 0.05) is 11.8 Å². The Labute approximate surface area is 138 Å². The van der Waals surface area contributed by atoms with E-state index in [4.69, 9.17) is 14.2 Å². The van der Waals surface area contributed by atoms with Crippen LogP contribution in [0.5, 0.6) is 11.5 Å². The lowest BCUT2D eigenvalue weighted by Crippen LogP contribution is -2.05. The molecule has 0 spiro atoms. The van der Waals surface area contributed by atoms with Crippen molar-refractivity contribution in [1.82, 2.24) is 14.6 Å². The number of aromatic nitrogens is 3. The van der Waals surface area contributed by atoms with Crippen molar-refractivity contribution in [2.24, 2.45) is 0 Å². The van der Waals surface area contributed by atoms with Crippen LogP contribution in [0.15, 0.2) is 36.7 Å². The molecular weight excluding hydrogens is 310 g/mol. The minimum Gasteiger partial charge on any atom is -0.493 e. The van der Waals surface area contributed by atoms with Gasteiger partial charge < -0.3 is 14.2 Å². The van der Waals surface area contributed by atoms with Crippen LogP contribution >= 0.6 is 0 Å². The summed E-state index contributed by atoms with van der Waals surface area (Å²) in [6.45, 7) is 2.05. The molecule has 0 aliphatic heterocycles. The fraction of sp³-hybridized carbons (Fsp3) is 0.235. The predicted molar refractivity (Wildman–Crippen MR) is 87.5 cm³/mol. The molecule has 2 aromatic heterocycles. The maximum absolute atomic E-state index is 12.0. The van der Waals surface area contributed by atoms with E-state index < -0.39 is 5.97 Å². The number of fused-ring (bicyclic) bond motifs is 1. The first-order chi connectivity index (χ1) is 11.7. The quantitative estimate of drug-likeness (QED) is 0.671. The van der Waals surface area contributed by atoms with Crippen molar-refractivity contribution in [3.63, 3.8) is 0 Å². The Morgan fingerprint density at radius 1 is 1.17 bits per heavy atom. The average Bonchev–Trinajstić information content (AvgIpc) is 3.05. The zero-order valence-electron chi connectivity index (χ0n) is 13.6. The van der Waals surface area contributed by atoms with Gasteiger partial charge in [0.15, 0.2) is 17.1 Å². The summed E-state index contributed by atoms with van der Waals surface area (Å²) in [4.78, 5) is 16.3. The van der Waals surface area contributed by atoms with Crippen molar-refractivity contribution in [3.8, 4) is 22.8 Å².